The molecule has 5 heteroatoms. The van der Waals surface area contributed by atoms with Crippen LogP contribution in [-0.2, 0) is 16.0 Å². The largest absolute Gasteiger partial charge is 0.439 e. The van der Waals surface area contributed by atoms with Crippen LogP contribution in [0.25, 0.3) is 10.9 Å². The summed E-state index contributed by atoms with van der Waals surface area (Å²) in [5.41, 5.74) is 1.78. The third-order valence-corrected chi connectivity index (χ3v) is 8.55. The van der Waals surface area contributed by atoms with Gasteiger partial charge in [-0.15, -0.1) is 0 Å². The molecule has 0 radical (unpaired) electrons. The fourth-order valence-corrected chi connectivity index (χ4v) is 6.05. The zero-order valence-electron chi connectivity index (χ0n) is 19.4. The number of hydrogen-bond donors (Lipinski definition) is 0. The molecule has 3 atom stereocenters. The Labute approximate surface area is 199 Å². The molecule has 0 amide bonds. The summed E-state index contributed by atoms with van der Waals surface area (Å²) in [5, 5.41) is 1.59. The number of aryl methyl sites for hydroxylation is 1. The standard InChI is InChI=1S/C28H28ClNO3/c1-5-16-6-9-19(33-23-11-7-17-14-18(29)8-10-22(17)30-23)15-20(16)24-25(31)21-12-13-28(4,26(24)32)27(21,2)3/h6-11,14-15,21,24H,5,12-13H2,1-4H3. The third-order valence-electron chi connectivity index (χ3n) is 8.32. The monoisotopic (exact) mass is 461 g/mol. The van der Waals surface area contributed by atoms with Crippen LogP contribution in [0.15, 0.2) is 48.5 Å². The fourth-order valence-electron chi connectivity index (χ4n) is 5.87. The Morgan fingerprint density at radius 2 is 1.85 bits per heavy atom. The number of rotatable bonds is 4. The maximum Gasteiger partial charge on any atom is 0.219 e. The number of nitrogens with zero attached hydrogens (tertiary/aromatic N) is 1. The SMILES string of the molecule is CCc1ccc(Oc2ccc3cc(Cl)ccc3n2)cc1C1C(=O)C2CCC(C)(C1=O)C2(C)C. The number of hydrogen-bond acceptors (Lipinski definition) is 4. The Morgan fingerprint density at radius 1 is 1.06 bits per heavy atom. The van der Waals surface area contributed by atoms with E-state index in [0.29, 0.717) is 16.7 Å². The normalized spacial score (nSPS) is 26.1. The van der Waals surface area contributed by atoms with E-state index in [0.717, 1.165) is 41.3 Å². The average molecular weight is 462 g/mol. The van der Waals surface area contributed by atoms with Crippen LogP contribution in [0.2, 0.25) is 5.02 Å². The van der Waals surface area contributed by atoms with Gasteiger partial charge in [0.25, 0.3) is 0 Å². The fraction of sp³-hybridized carbons (Fsp3) is 0.393. The number of ether oxygens (including phenoxy) is 1. The van der Waals surface area contributed by atoms with E-state index in [1.165, 1.54) is 0 Å². The summed E-state index contributed by atoms with van der Waals surface area (Å²) in [5.74, 6) is 0.334. The molecule has 170 valence electrons. The molecule has 0 spiro atoms. The summed E-state index contributed by atoms with van der Waals surface area (Å²) in [6.45, 7) is 8.25. The summed E-state index contributed by atoms with van der Waals surface area (Å²) in [6.07, 6.45) is 2.30. The molecule has 2 aliphatic carbocycles. The van der Waals surface area contributed by atoms with E-state index in [4.69, 9.17) is 16.3 Å². The molecule has 2 aliphatic rings. The second kappa shape index (κ2) is 7.66. The topological polar surface area (TPSA) is 56.3 Å². The van der Waals surface area contributed by atoms with Gasteiger partial charge in [0, 0.05) is 27.8 Å². The van der Waals surface area contributed by atoms with Crippen LogP contribution in [0.5, 0.6) is 11.6 Å². The van der Waals surface area contributed by atoms with Crippen molar-refractivity contribution in [2.45, 2.75) is 52.9 Å². The van der Waals surface area contributed by atoms with Crippen LogP contribution >= 0.6 is 11.6 Å². The lowest BCUT2D eigenvalue weighted by atomic mass is 9.54. The first-order valence-corrected chi connectivity index (χ1v) is 12.0. The van der Waals surface area contributed by atoms with Crippen molar-refractivity contribution in [3.05, 3.63) is 64.7 Å². The number of aromatic nitrogens is 1. The van der Waals surface area contributed by atoms with Gasteiger partial charge in [-0.25, -0.2) is 4.98 Å². The van der Waals surface area contributed by atoms with Crippen molar-refractivity contribution in [2.24, 2.45) is 16.7 Å². The lowest BCUT2D eigenvalue weighted by Crippen LogP contribution is -2.52. The average Bonchev–Trinajstić information content (AvgIpc) is 2.97. The first-order valence-electron chi connectivity index (χ1n) is 11.6. The molecule has 0 aliphatic heterocycles. The molecule has 2 bridgehead atoms. The molecule has 1 aromatic heterocycles. The number of carbonyl (C=O) groups excluding carboxylic acids is 2. The van der Waals surface area contributed by atoms with Crippen LogP contribution in [0, 0.1) is 16.7 Å². The predicted octanol–water partition coefficient (Wildman–Crippen LogP) is 6.92. The van der Waals surface area contributed by atoms with E-state index in [1.54, 1.807) is 12.1 Å². The Balaban J connectivity index is 1.53. The molecule has 3 unspecified atom stereocenters. The van der Waals surface area contributed by atoms with E-state index >= 15 is 0 Å². The summed E-state index contributed by atoms with van der Waals surface area (Å²) < 4.78 is 6.09. The van der Waals surface area contributed by atoms with Crippen LogP contribution in [0.1, 0.15) is 57.6 Å². The van der Waals surface area contributed by atoms with Crippen molar-refractivity contribution in [3.63, 3.8) is 0 Å². The smallest absolute Gasteiger partial charge is 0.219 e. The highest BCUT2D eigenvalue weighted by Gasteiger charge is 2.64. The van der Waals surface area contributed by atoms with Crippen molar-refractivity contribution in [2.75, 3.05) is 0 Å². The second-order valence-corrected chi connectivity index (χ2v) is 10.6. The highest BCUT2D eigenvalue weighted by Crippen LogP contribution is 2.62. The lowest BCUT2D eigenvalue weighted by molar-refractivity contribution is -0.149. The highest BCUT2D eigenvalue weighted by atomic mass is 35.5. The van der Waals surface area contributed by atoms with E-state index in [2.05, 4.69) is 18.8 Å². The molecule has 33 heavy (non-hydrogen) atoms. The van der Waals surface area contributed by atoms with E-state index < -0.39 is 11.3 Å². The summed E-state index contributed by atoms with van der Waals surface area (Å²) in [6, 6.07) is 14.9. The van der Waals surface area contributed by atoms with Gasteiger partial charge in [0.05, 0.1) is 5.52 Å². The minimum Gasteiger partial charge on any atom is -0.439 e. The van der Waals surface area contributed by atoms with Crippen molar-refractivity contribution in [3.8, 4) is 11.6 Å². The maximum atomic E-state index is 13.8. The molecule has 5 rings (SSSR count). The first-order chi connectivity index (χ1) is 15.7. The van der Waals surface area contributed by atoms with Gasteiger partial charge in [0.15, 0.2) is 11.6 Å². The Hall–Kier alpha value is -2.72. The minimum atomic E-state index is -0.722. The molecule has 1 heterocycles. The zero-order valence-corrected chi connectivity index (χ0v) is 20.2. The Bertz CT molecular complexity index is 1300. The number of benzene rings is 2. The van der Waals surface area contributed by atoms with E-state index in [1.807, 2.05) is 50.2 Å². The van der Waals surface area contributed by atoms with Gasteiger partial charge in [-0.3, -0.25) is 9.59 Å². The minimum absolute atomic E-state index is 0.0545. The molecule has 2 aromatic carbocycles. The van der Waals surface area contributed by atoms with Crippen molar-refractivity contribution in [1.29, 1.82) is 0 Å². The molecule has 2 fully saturated rings. The number of carbonyl (C=O) groups is 2. The van der Waals surface area contributed by atoms with Gasteiger partial charge >= 0.3 is 0 Å². The van der Waals surface area contributed by atoms with E-state index in [-0.39, 0.29) is 22.9 Å². The van der Waals surface area contributed by atoms with Gasteiger partial charge in [-0.2, -0.15) is 0 Å². The van der Waals surface area contributed by atoms with Crippen molar-refractivity contribution >= 4 is 34.1 Å². The number of Topliss-reactive ketones (excluding diaryl/α,β-unsaturated/α-hetero) is 2. The van der Waals surface area contributed by atoms with Crippen LogP contribution in [0.4, 0.5) is 0 Å². The lowest BCUT2D eigenvalue weighted by Gasteiger charge is -2.46. The summed E-state index contributed by atoms with van der Waals surface area (Å²) in [7, 11) is 0. The summed E-state index contributed by atoms with van der Waals surface area (Å²) >= 11 is 6.07. The molecular formula is C28H28ClNO3. The molecular weight excluding hydrogens is 434 g/mol. The third kappa shape index (κ3) is 3.30. The van der Waals surface area contributed by atoms with Gasteiger partial charge in [0.2, 0.25) is 5.88 Å². The highest BCUT2D eigenvalue weighted by molar-refractivity contribution is 6.31. The van der Waals surface area contributed by atoms with Crippen LogP contribution in [-0.4, -0.2) is 16.6 Å². The van der Waals surface area contributed by atoms with Crippen LogP contribution in [0.3, 0.4) is 0 Å². The number of pyridine rings is 1. The Morgan fingerprint density at radius 3 is 2.61 bits per heavy atom. The first kappa shape index (κ1) is 22.1. The maximum absolute atomic E-state index is 13.8. The zero-order chi connectivity index (χ0) is 23.5. The number of halogens is 1. The molecule has 3 aromatic rings. The predicted molar refractivity (Wildman–Crippen MR) is 130 cm³/mol. The number of ketones is 2. The molecule has 0 N–H and O–H groups in total. The van der Waals surface area contributed by atoms with Crippen molar-refractivity contribution in [1.82, 2.24) is 4.98 Å². The molecule has 2 saturated carbocycles. The van der Waals surface area contributed by atoms with Gasteiger partial charge in [-0.1, -0.05) is 45.4 Å². The number of fused-ring (bicyclic) bond motifs is 3. The van der Waals surface area contributed by atoms with Crippen molar-refractivity contribution < 1.29 is 14.3 Å². The quantitative estimate of drug-likeness (QED) is 0.395. The molecule has 0 saturated heterocycles. The Kier molecular flexibility index (Phi) is 5.13. The van der Waals surface area contributed by atoms with E-state index in [9.17, 15) is 9.59 Å². The summed E-state index contributed by atoms with van der Waals surface area (Å²) in [4.78, 5) is 31.9. The van der Waals surface area contributed by atoms with Gasteiger partial charge in [-0.05, 0) is 72.2 Å². The van der Waals surface area contributed by atoms with Crippen LogP contribution < -0.4 is 4.74 Å². The van der Waals surface area contributed by atoms with Gasteiger partial charge in [0.1, 0.15) is 11.7 Å². The molecule has 4 nitrogen and oxygen atoms in total. The second-order valence-electron chi connectivity index (χ2n) is 10.1. The van der Waals surface area contributed by atoms with Gasteiger partial charge < -0.3 is 4.74 Å².